The first-order valence-corrected chi connectivity index (χ1v) is 8.73. The zero-order chi connectivity index (χ0) is 16.8. The van der Waals surface area contributed by atoms with E-state index in [0.29, 0.717) is 11.6 Å². The molecule has 1 aliphatic heterocycles. The predicted octanol–water partition coefficient (Wildman–Crippen LogP) is 4.65. The lowest BCUT2D eigenvalue weighted by molar-refractivity contribution is 0.251. The fourth-order valence-electron chi connectivity index (χ4n) is 2.90. The molecule has 0 atom stereocenters. The normalized spacial score (nSPS) is 14.3. The number of nitrogens with one attached hydrogen (secondary N) is 2. The standard InChI is InChI=1S/C19H22ClN3O/c20-18-7-3-2-6-15(18)14-21-19(24)22-16-8-10-17(11-9-16)23-12-4-1-5-13-23/h2-3,6-11H,1,4-5,12-14H2,(H2,21,22,24). The molecule has 0 spiro atoms. The van der Waals surface area contributed by atoms with Gasteiger partial charge < -0.3 is 15.5 Å². The summed E-state index contributed by atoms with van der Waals surface area (Å²) in [6.45, 7) is 2.63. The second-order valence-electron chi connectivity index (χ2n) is 5.99. The predicted molar refractivity (Wildman–Crippen MR) is 99.8 cm³/mol. The maximum absolute atomic E-state index is 12.0. The van der Waals surface area contributed by atoms with E-state index in [0.717, 1.165) is 24.3 Å². The average Bonchev–Trinajstić information content (AvgIpc) is 2.62. The van der Waals surface area contributed by atoms with E-state index in [2.05, 4.69) is 27.7 Å². The fraction of sp³-hybridized carbons (Fsp3) is 0.316. The molecule has 0 radical (unpaired) electrons. The molecule has 2 amide bonds. The highest BCUT2D eigenvalue weighted by molar-refractivity contribution is 6.31. The summed E-state index contributed by atoms with van der Waals surface area (Å²) in [5.41, 5.74) is 2.90. The Labute approximate surface area is 147 Å². The largest absolute Gasteiger partial charge is 0.372 e. The monoisotopic (exact) mass is 343 g/mol. The number of hydrogen-bond acceptors (Lipinski definition) is 2. The molecule has 24 heavy (non-hydrogen) atoms. The molecule has 1 aliphatic rings. The molecule has 1 heterocycles. The maximum Gasteiger partial charge on any atom is 0.319 e. The van der Waals surface area contributed by atoms with E-state index in [4.69, 9.17) is 11.6 Å². The fourth-order valence-corrected chi connectivity index (χ4v) is 3.10. The first-order chi connectivity index (χ1) is 11.7. The van der Waals surface area contributed by atoms with Crippen LogP contribution in [0.3, 0.4) is 0 Å². The number of hydrogen-bond donors (Lipinski definition) is 2. The Morgan fingerprint density at radius 1 is 1.00 bits per heavy atom. The lowest BCUT2D eigenvalue weighted by Crippen LogP contribution is -2.29. The van der Waals surface area contributed by atoms with Crippen molar-refractivity contribution >= 4 is 29.0 Å². The van der Waals surface area contributed by atoms with Gasteiger partial charge in [-0.3, -0.25) is 0 Å². The number of halogens is 1. The Morgan fingerprint density at radius 3 is 2.42 bits per heavy atom. The van der Waals surface area contributed by atoms with Crippen molar-refractivity contribution in [3.63, 3.8) is 0 Å². The van der Waals surface area contributed by atoms with Crippen molar-refractivity contribution in [1.82, 2.24) is 5.32 Å². The highest BCUT2D eigenvalue weighted by atomic mass is 35.5. The Bertz CT molecular complexity index is 681. The van der Waals surface area contributed by atoms with Gasteiger partial charge >= 0.3 is 6.03 Å². The number of urea groups is 1. The van der Waals surface area contributed by atoms with E-state index in [1.807, 2.05) is 36.4 Å². The number of benzene rings is 2. The van der Waals surface area contributed by atoms with Crippen molar-refractivity contribution in [3.05, 3.63) is 59.1 Å². The Morgan fingerprint density at radius 2 is 1.71 bits per heavy atom. The summed E-state index contributed by atoms with van der Waals surface area (Å²) in [6.07, 6.45) is 3.83. The molecule has 0 aliphatic carbocycles. The Balaban J connectivity index is 1.52. The summed E-state index contributed by atoms with van der Waals surface area (Å²) in [7, 11) is 0. The van der Waals surface area contributed by atoms with Crippen molar-refractivity contribution in [3.8, 4) is 0 Å². The van der Waals surface area contributed by atoms with E-state index in [1.165, 1.54) is 24.9 Å². The van der Waals surface area contributed by atoms with Crippen molar-refractivity contribution in [2.75, 3.05) is 23.3 Å². The maximum atomic E-state index is 12.0. The van der Waals surface area contributed by atoms with Gasteiger partial charge in [0, 0.05) is 36.0 Å². The van der Waals surface area contributed by atoms with Crippen molar-refractivity contribution in [1.29, 1.82) is 0 Å². The van der Waals surface area contributed by atoms with Crippen LogP contribution in [0.2, 0.25) is 5.02 Å². The van der Waals surface area contributed by atoms with Gasteiger partial charge in [-0.25, -0.2) is 4.79 Å². The molecule has 126 valence electrons. The minimum atomic E-state index is -0.236. The summed E-state index contributed by atoms with van der Waals surface area (Å²) in [5, 5.41) is 6.33. The Kier molecular flexibility index (Phi) is 5.59. The van der Waals surface area contributed by atoms with Gasteiger partial charge in [0.25, 0.3) is 0 Å². The van der Waals surface area contributed by atoms with E-state index < -0.39 is 0 Å². The SMILES string of the molecule is O=C(NCc1ccccc1Cl)Nc1ccc(N2CCCCC2)cc1. The van der Waals surface area contributed by atoms with Crippen LogP contribution in [0.5, 0.6) is 0 Å². The van der Waals surface area contributed by atoms with Crippen LogP contribution in [-0.4, -0.2) is 19.1 Å². The van der Waals surface area contributed by atoms with E-state index >= 15 is 0 Å². The highest BCUT2D eigenvalue weighted by Crippen LogP contribution is 2.21. The topological polar surface area (TPSA) is 44.4 Å². The molecule has 2 N–H and O–H groups in total. The van der Waals surface area contributed by atoms with Crippen molar-refractivity contribution < 1.29 is 4.79 Å². The zero-order valence-electron chi connectivity index (χ0n) is 13.6. The minimum Gasteiger partial charge on any atom is -0.372 e. The van der Waals surface area contributed by atoms with Gasteiger partial charge in [-0.05, 0) is 55.2 Å². The summed E-state index contributed by atoms with van der Waals surface area (Å²) in [6, 6.07) is 15.3. The van der Waals surface area contributed by atoms with Crippen LogP contribution >= 0.6 is 11.6 Å². The molecule has 2 aromatic carbocycles. The minimum absolute atomic E-state index is 0.236. The van der Waals surface area contributed by atoms with Gasteiger partial charge in [0.15, 0.2) is 0 Å². The van der Waals surface area contributed by atoms with E-state index in [-0.39, 0.29) is 6.03 Å². The van der Waals surface area contributed by atoms with Crippen LogP contribution in [0.4, 0.5) is 16.2 Å². The first-order valence-electron chi connectivity index (χ1n) is 8.35. The molecule has 1 saturated heterocycles. The third-order valence-electron chi connectivity index (χ3n) is 4.24. The molecule has 0 unspecified atom stereocenters. The van der Waals surface area contributed by atoms with Gasteiger partial charge in [-0.2, -0.15) is 0 Å². The quantitative estimate of drug-likeness (QED) is 0.848. The third kappa shape index (κ3) is 4.42. The number of amides is 2. The van der Waals surface area contributed by atoms with Crippen LogP contribution in [0, 0.1) is 0 Å². The van der Waals surface area contributed by atoms with Gasteiger partial charge in [0.1, 0.15) is 0 Å². The van der Waals surface area contributed by atoms with Gasteiger partial charge in [0.05, 0.1) is 0 Å². The van der Waals surface area contributed by atoms with Crippen LogP contribution in [0.25, 0.3) is 0 Å². The molecule has 1 fully saturated rings. The molecule has 0 bridgehead atoms. The van der Waals surface area contributed by atoms with Crippen LogP contribution < -0.4 is 15.5 Å². The summed E-state index contributed by atoms with van der Waals surface area (Å²) in [5.74, 6) is 0. The molecule has 3 rings (SSSR count). The number of piperidine rings is 1. The number of anilines is 2. The summed E-state index contributed by atoms with van der Waals surface area (Å²) >= 11 is 6.08. The summed E-state index contributed by atoms with van der Waals surface area (Å²) < 4.78 is 0. The molecular weight excluding hydrogens is 322 g/mol. The zero-order valence-corrected chi connectivity index (χ0v) is 14.4. The van der Waals surface area contributed by atoms with Crippen LogP contribution in [0.1, 0.15) is 24.8 Å². The van der Waals surface area contributed by atoms with Crippen LogP contribution in [0.15, 0.2) is 48.5 Å². The van der Waals surface area contributed by atoms with E-state index in [9.17, 15) is 4.79 Å². The van der Waals surface area contributed by atoms with Gasteiger partial charge in [-0.1, -0.05) is 29.8 Å². The number of carbonyl (C=O) groups excluding carboxylic acids is 1. The second kappa shape index (κ2) is 8.06. The molecule has 5 heteroatoms. The molecular formula is C19H22ClN3O. The smallest absolute Gasteiger partial charge is 0.319 e. The lowest BCUT2D eigenvalue weighted by Gasteiger charge is -2.28. The number of carbonyl (C=O) groups is 1. The molecule has 0 aromatic heterocycles. The lowest BCUT2D eigenvalue weighted by atomic mass is 10.1. The third-order valence-corrected chi connectivity index (χ3v) is 4.61. The highest BCUT2D eigenvalue weighted by Gasteiger charge is 2.11. The van der Waals surface area contributed by atoms with Crippen molar-refractivity contribution in [2.24, 2.45) is 0 Å². The van der Waals surface area contributed by atoms with Gasteiger partial charge in [0.2, 0.25) is 0 Å². The summed E-state index contributed by atoms with van der Waals surface area (Å²) in [4.78, 5) is 14.4. The molecule has 4 nitrogen and oxygen atoms in total. The number of rotatable bonds is 4. The Hall–Kier alpha value is -2.20. The number of nitrogens with zero attached hydrogens (tertiary/aromatic N) is 1. The van der Waals surface area contributed by atoms with Crippen molar-refractivity contribution in [2.45, 2.75) is 25.8 Å². The first kappa shape index (κ1) is 16.7. The van der Waals surface area contributed by atoms with Gasteiger partial charge in [-0.15, -0.1) is 0 Å². The average molecular weight is 344 g/mol. The second-order valence-corrected chi connectivity index (χ2v) is 6.40. The van der Waals surface area contributed by atoms with E-state index in [1.54, 1.807) is 0 Å². The molecule has 0 saturated carbocycles. The van der Waals surface area contributed by atoms with Crippen LogP contribution in [-0.2, 0) is 6.54 Å². The molecule has 2 aromatic rings.